The van der Waals surface area contributed by atoms with E-state index in [-0.39, 0.29) is 35.1 Å². The molecule has 1 N–H and O–H groups in total. The van der Waals surface area contributed by atoms with Crippen LogP contribution in [0.1, 0.15) is 15.9 Å². The Morgan fingerprint density at radius 3 is 2.59 bits per heavy atom. The molecule has 0 saturated heterocycles. The number of carbonyl (C=O) groups is 1. The van der Waals surface area contributed by atoms with Crippen molar-refractivity contribution in [3.63, 3.8) is 0 Å². The number of rotatable bonds is 2. The number of benzene rings is 2. The topological polar surface area (TPSA) is 89.1 Å². The number of fused-ring (bicyclic) bond motifs is 1. The molecule has 22 heavy (non-hydrogen) atoms. The summed E-state index contributed by atoms with van der Waals surface area (Å²) < 4.78 is 1.71. The van der Waals surface area contributed by atoms with E-state index in [4.69, 9.17) is 10.4 Å². The van der Waals surface area contributed by atoms with Gasteiger partial charge in [0, 0.05) is 17.3 Å². The minimum Gasteiger partial charge on any atom is -0.872 e. The third-order valence-corrected chi connectivity index (χ3v) is 3.31. The number of hydrogen-bond donors (Lipinski definition) is 1. The molecule has 0 fully saturated rings. The summed E-state index contributed by atoms with van der Waals surface area (Å²) in [5.74, 6) is -1.81. The molecule has 1 heterocycles. The monoisotopic (exact) mass is 300 g/mol. The predicted molar refractivity (Wildman–Crippen MR) is 74.4 cm³/mol. The molecule has 0 saturated carbocycles. The van der Waals surface area contributed by atoms with Crippen molar-refractivity contribution in [1.82, 2.24) is 4.57 Å². The van der Waals surface area contributed by atoms with E-state index in [9.17, 15) is 9.90 Å². The Bertz CT molecular complexity index is 909. The van der Waals surface area contributed by atoms with Gasteiger partial charge < -0.3 is 14.8 Å². The second kappa shape index (κ2) is 6.24. The Labute approximate surface area is 148 Å². The molecule has 6 heteroatoms. The first-order valence-corrected chi connectivity index (χ1v) is 6.16. The zero-order valence-corrected chi connectivity index (χ0v) is 13.8. The molecule has 0 amide bonds. The van der Waals surface area contributed by atoms with E-state index in [0.717, 1.165) is 10.9 Å². The Balaban J connectivity index is 0.00000176. The second-order valence-electron chi connectivity index (χ2n) is 4.53. The predicted octanol–water partition coefficient (Wildman–Crippen LogP) is -0.722. The number of aromatic carboxylic acids is 1. The fourth-order valence-electron chi connectivity index (χ4n) is 2.32. The smallest absolute Gasteiger partial charge is 0.872 e. The van der Waals surface area contributed by atoms with Gasteiger partial charge in [-0.15, -0.1) is 0 Å². The van der Waals surface area contributed by atoms with Crippen LogP contribution in [0.3, 0.4) is 0 Å². The van der Waals surface area contributed by atoms with Gasteiger partial charge in [-0.05, 0) is 24.3 Å². The summed E-state index contributed by atoms with van der Waals surface area (Å²) in [5, 5.41) is 30.7. The molecule has 0 aliphatic carbocycles. The van der Waals surface area contributed by atoms with Gasteiger partial charge in [0.15, 0.2) is 0 Å². The maximum absolute atomic E-state index is 11.8. The van der Waals surface area contributed by atoms with E-state index in [0.29, 0.717) is 11.3 Å². The Kier molecular flexibility index (Phi) is 4.57. The number of nitriles is 1. The summed E-state index contributed by atoms with van der Waals surface area (Å²) in [6, 6.07) is 13.5. The molecule has 0 bridgehead atoms. The van der Waals surface area contributed by atoms with E-state index in [2.05, 4.69) is 6.07 Å². The number of carboxylic acids is 1. The van der Waals surface area contributed by atoms with Crippen molar-refractivity contribution < 1.29 is 44.6 Å². The molecular weight excluding hydrogens is 291 g/mol. The molecular formula is C16H9N2NaO3. The van der Waals surface area contributed by atoms with Crippen LogP contribution in [0.15, 0.2) is 48.7 Å². The van der Waals surface area contributed by atoms with Crippen LogP contribution in [0.2, 0.25) is 0 Å². The first-order valence-electron chi connectivity index (χ1n) is 6.16. The summed E-state index contributed by atoms with van der Waals surface area (Å²) in [7, 11) is 0. The average molecular weight is 300 g/mol. The number of nitrogens with zero attached hydrogens (tertiary/aromatic N) is 2. The Morgan fingerprint density at radius 2 is 1.95 bits per heavy atom. The van der Waals surface area contributed by atoms with Crippen LogP contribution >= 0.6 is 0 Å². The van der Waals surface area contributed by atoms with Gasteiger partial charge in [-0.3, -0.25) is 0 Å². The normalized spacial score (nSPS) is 9.95. The van der Waals surface area contributed by atoms with Crippen molar-refractivity contribution in [2.45, 2.75) is 0 Å². The molecule has 0 unspecified atom stereocenters. The number of para-hydroxylation sites is 1. The van der Waals surface area contributed by atoms with Gasteiger partial charge in [0.05, 0.1) is 16.6 Å². The van der Waals surface area contributed by atoms with Gasteiger partial charge in [0.25, 0.3) is 0 Å². The molecule has 0 radical (unpaired) electrons. The largest absolute Gasteiger partial charge is 1.00 e. The van der Waals surface area contributed by atoms with Crippen LogP contribution in [0.5, 0.6) is 5.75 Å². The van der Waals surface area contributed by atoms with Crippen molar-refractivity contribution in [1.29, 1.82) is 5.26 Å². The molecule has 0 aliphatic rings. The number of carboxylic acid groups (broad SMARTS) is 1. The third kappa shape index (κ3) is 2.60. The fourth-order valence-corrected chi connectivity index (χ4v) is 2.32. The molecule has 2 aromatic carbocycles. The Hall–Kier alpha value is -2.26. The van der Waals surface area contributed by atoms with Crippen LogP contribution in [-0.2, 0) is 0 Å². The molecule has 1 aromatic heterocycles. The van der Waals surface area contributed by atoms with Gasteiger partial charge in [0.1, 0.15) is 6.07 Å². The molecule has 3 aromatic rings. The molecule has 0 aliphatic heterocycles. The summed E-state index contributed by atoms with van der Waals surface area (Å²) in [4.78, 5) is 10.9. The summed E-state index contributed by atoms with van der Waals surface area (Å²) in [6.07, 6.45) is 1.64. The first-order chi connectivity index (χ1) is 10.1. The van der Waals surface area contributed by atoms with Gasteiger partial charge in [-0.2, -0.15) is 5.26 Å². The molecule has 0 spiro atoms. The molecule has 102 valence electrons. The van der Waals surface area contributed by atoms with Crippen LogP contribution in [0.4, 0.5) is 0 Å². The summed E-state index contributed by atoms with van der Waals surface area (Å²) >= 11 is 0. The quantitative estimate of drug-likeness (QED) is 0.632. The van der Waals surface area contributed by atoms with Gasteiger partial charge >= 0.3 is 35.5 Å². The number of aromatic nitrogens is 1. The van der Waals surface area contributed by atoms with E-state index < -0.39 is 11.7 Å². The van der Waals surface area contributed by atoms with Gasteiger partial charge in [0.2, 0.25) is 0 Å². The maximum atomic E-state index is 11.8. The minimum absolute atomic E-state index is 0. The number of hydrogen-bond acceptors (Lipinski definition) is 3. The van der Waals surface area contributed by atoms with Crippen molar-refractivity contribution in [2.24, 2.45) is 0 Å². The first kappa shape index (κ1) is 16.1. The maximum Gasteiger partial charge on any atom is 1.00 e. The van der Waals surface area contributed by atoms with E-state index in [1.54, 1.807) is 16.8 Å². The molecule has 0 atom stereocenters. The average Bonchev–Trinajstić information content (AvgIpc) is 2.85. The van der Waals surface area contributed by atoms with Crippen LogP contribution in [0, 0.1) is 11.3 Å². The minimum atomic E-state index is -1.25. The molecule has 3 rings (SSSR count). The third-order valence-electron chi connectivity index (χ3n) is 3.31. The summed E-state index contributed by atoms with van der Waals surface area (Å²) in [5.41, 5.74) is 1.55. The second-order valence-corrected chi connectivity index (χ2v) is 4.53. The van der Waals surface area contributed by atoms with E-state index in [1.807, 2.05) is 24.3 Å². The van der Waals surface area contributed by atoms with Crippen molar-refractivity contribution >= 4 is 16.9 Å². The zero-order chi connectivity index (χ0) is 15.0. The van der Waals surface area contributed by atoms with Crippen molar-refractivity contribution in [2.75, 3.05) is 0 Å². The fraction of sp³-hybridized carbons (Fsp3) is 0. The van der Waals surface area contributed by atoms with Crippen molar-refractivity contribution in [3.8, 4) is 17.5 Å². The van der Waals surface area contributed by atoms with Crippen molar-refractivity contribution in [3.05, 3.63) is 59.8 Å². The van der Waals surface area contributed by atoms with E-state index >= 15 is 0 Å². The van der Waals surface area contributed by atoms with Crippen LogP contribution in [-0.4, -0.2) is 15.6 Å². The SMILES string of the molecule is N#Cc1cn(-c2ccc(C(=O)O)c([O-])c2)c2ccccc12.[Na+]. The summed E-state index contributed by atoms with van der Waals surface area (Å²) in [6.45, 7) is 0. The zero-order valence-electron chi connectivity index (χ0n) is 11.8. The molecule has 5 nitrogen and oxygen atoms in total. The van der Waals surface area contributed by atoms with Crippen LogP contribution < -0.4 is 34.7 Å². The standard InChI is InChI=1S/C16H10N2O3.Na/c17-8-10-9-18(14-4-2-1-3-12(10)14)11-5-6-13(16(20)21)15(19)7-11;/h1-7,9,19H,(H,20,21);/q;+1/p-1. The van der Waals surface area contributed by atoms with Gasteiger partial charge in [-0.1, -0.05) is 23.9 Å². The van der Waals surface area contributed by atoms with Crippen LogP contribution in [0.25, 0.3) is 16.6 Å². The Morgan fingerprint density at radius 1 is 1.23 bits per heavy atom. The van der Waals surface area contributed by atoms with Gasteiger partial charge in [-0.25, -0.2) is 4.79 Å². The van der Waals surface area contributed by atoms with E-state index in [1.165, 1.54) is 12.1 Å².